The molecule has 0 amide bonds. The second-order valence-corrected chi connectivity index (χ2v) is 8.38. The highest BCUT2D eigenvalue weighted by molar-refractivity contribution is 5.16. The monoisotopic (exact) mass is 384 g/mol. The molecule has 28 heavy (non-hydrogen) atoms. The molecule has 152 valence electrons. The van der Waals surface area contributed by atoms with Gasteiger partial charge in [-0.1, -0.05) is 6.07 Å². The van der Waals surface area contributed by atoms with Crippen LogP contribution in [-0.4, -0.2) is 52.6 Å². The predicted molar refractivity (Wildman–Crippen MR) is 108 cm³/mol. The van der Waals surface area contributed by atoms with Gasteiger partial charge in [0, 0.05) is 36.6 Å². The molecule has 6 heteroatoms. The molecule has 0 saturated carbocycles. The Morgan fingerprint density at radius 1 is 1.14 bits per heavy atom. The first-order valence-corrected chi connectivity index (χ1v) is 10.5. The normalized spacial score (nSPS) is 20.9. The maximum atomic E-state index is 6.06. The number of ether oxygens (including phenoxy) is 2. The van der Waals surface area contributed by atoms with Crippen molar-refractivity contribution in [1.82, 2.24) is 19.7 Å². The van der Waals surface area contributed by atoms with E-state index in [0.29, 0.717) is 13.2 Å². The molecule has 0 radical (unpaired) electrons. The van der Waals surface area contributed by atoms with Gasteiger partial charge in [-0.2, -0.15) is 5.10 Å². The fraction of sp³-hybridized carbons (Fsp3) is 0.636. The lowest BCUT2D eigenvalue weighted by molar-refractivity contribution is -0.0159. The van der Waals surface area contributed by atoms with Crippen LogP contribution in [0.3, 0.4) is 0 Å². The molecule has 2 aliphatic rings. The highest BCUT2D eigenvalue weighted by Crippen LogP contribution is 2.37. The maximum Gasteiger partial charge on any atom is 0.213 e. The third-order valence-electron chi connectivity index (χ3n) is 6.45. The van der Waals surface area contributed by atoms with Gasteiger partial charge in [0.15, 0.2) is 0 Å². The highest BCUT2D eigenvalue weighted by atomic mass is 16.5. The van der Waals surface area contributed by atoms with Crippen molar-refractivity contribution in [2.24, 2.45) is 12.5 Å². The fourth-order valence-electron chi connectivity index (χ4n) is 4.41. The zero-order valence-corrected chi connectivity index (χ0v) is 17.2. The summed E-state index contributed by atoms with van der Waals surface area (Å²) in [6, 6.07) is 6.08. The fourth-order valence-corrected chi connectivity index (χ4v) is 4.41. The third kappa shape index (κ3) is 4.55. The summed E-state index contributed by atoms with van der Waals surface area (Å²) in [6.45, 7) is 7.45. The van der Waals surface area contributed by atoms with Crippen LogP contribution in [0.1, 0.15) is 42.6 Å². The van der Waals surface area contributed by atoms with E-state index >= 15 is 0 Å². The van der Waals surface area contributed by atoms with Crippen LogP contribution in [0.5, 0.6) is 5.88 Å². The minimum atomic E-state index is 0.289. The molecule has 4 heterocycles. The number of nitrogens with zero attached hydrogens (tertiary/aromatic N) is 4. The smallest absolute Gasteiger partial charge is 0.213 e. The Labute approximate surface area is 167 Å². The van der Waals surface area contributed by atoms with Gasteiger partial charge in [-0.05, 0) is 63.6 Å². The van der Waals surface area contributed by atoms with E-state index in [-0.39, 0.29) is 5.41 Å². The van der Waals surface area contributed by atoms with Crippen LogP contribution in [0, 0.1) is 12.3 Å². The van der Waals surface area contributed by atoms with E-state index < -0.39 is 0 Å². The van der Waals surface area contributed by atoms with Crippen molar-refractivity contribution in [1.29, 1.82) is 0 Å². The SMILES string of the molecule is Cc1c(CN2CCC3(CCCc4cccc(n4)OCCOC3)CC2)cnn1C. The van der Waals surface area contributed by atoms with Gasteiger partial charge in [0.2, 0.25) is 5.88 Å². The van der Waals surface area contributed by atoms with E-state index in [1.54, 1.807) is 0 Å². The molecule has 1 saturated heterocycles. The van der Waals surface area contributed by atoms with Crippen LogP contribution in [0.4, 0.5) is 0 Å². The quantitative estimate of drug-likeness (QED) is 0.796. The van der Waals surface area contributed by atoms with E-state index in [2.05, 4.69) is 28.0 Å². The van der Waals surface area contributed by atoms with Crippen LogP contribution in [-0.2, 0) is 24.8 Å². The Kier molecular flexibility index (Phi) is 5.97. The lowest BCUT2D eigenvalue weighted by Crippen LogP contribution is -2.42. The number of fused-ring (bicyclic) bond motifs is 2. The minimum Gasteiger partial charge on any atom is -0.475 e. The summed E-state index contributed by atoms with van der Waals surface area (Å²) in [5.41, 5.74) is 4.04. The van der Waals surface area contributed by atoms with Gasteiger partial charge in [-0.25, -0.2) is 4.98 Å². The summed E-state index contributed by atoms with van der Waals surface area (Å²) >= 11 is 0. The van der Waals surface area contributed by atoms with Crippen molar-refractivity contribution >= 4 is 0 Å². The van der Waals surface area contributed by atoms with Crippen molar-refractivity contribution in [2.45, 2.75) is 45.6 Å². The van der Waals surface area contributed by atoms with Gasteiger partial charge < -0.3 is 9.47 Å². The van der Waals surface area contributed by atoms with Crippen molar-refractivity contribution < 1.29 is 9.47 Å². The molecule has 1 fully saturated rings. The van der Waals surface area contributed by atoms with Gasteiger partial charge in [-0.15, -0.1) is 0 Å². The molecular formula is C22H32N4O2. The molecule has 4 rings (SSSR count). The topological polar surface area (TPSA) is 52.4 Å². The molecule has 2 aliphatic heterocycles. The standard InChI is InChI=1S/C22H32N4O2/c1-18-19(15-23-25(18)2)16-26-11-9-22(10-12-26)8-4-6-20-5-3-7-21(24-20)28-14-13-27-17-22/h3,5,7,15H,4,6,8-14,16-17H2,1-2H3. The maximum absolute atomic E-state index is 6.06. The van der Waals surface area contributed by atoms with Crippen LogP contribution >= 0.6 is 0 Å². The second-order valence-electron chi connectivity index (χ2n) is 8.38. The summed E-state index contributed by atoms with van der Waals surface area (Å²) < 4.78 is 13.8. The Balaban J connectivity index is 1.36. The number of aryl methyl sites for hydroxylation is 2. The Bertz CT molecular complexity index is 781. The molecule has 1 spiro atoms. The van der Waals surface area contributed by atoms with E-state index in [4.69, 9.17) is 9.47 Å². The molecule has 0 atom stereocenters. The lowest BCUT2D eigenvalue weighted by atomic mass is 9.75. The van der Waals surface area contributed by atoms with E-state index in [9.17, 15) is 0 Å². The number of pyridine rings is 1. The summed E-state index contributed by atoms with van der Waals surface area (Å²) in [5.74, 6) is 0.718. The first kappa shape index (κ1) is 19.4. The number of likely N-dealkylation sites (tertiary alicyclic amines) is 1. The van der Waals surface area contributed by atoms with Crippen LogP contribution in [0.15, 0.2) is 24.4 Å². The Morgan fingerprint density at radius 3 is 2.79 bits per heavy atom. The van der Waals surface area contributed by atoms with Gasteiger partial charge in [0.1, 0.15) is 6.61 Å². The molecule has 6 nitrogen and oxygen atoms in total. The molecular weight excluding hydrogens is 352 g/mol. The number of rotatable bonds is 2. The average molecular weight is 385 g/mol. The highest BCUT2D eigenvalue weighted by Gasteiger charge is 2.34. The average Bonchev–Trinajstić information content (AvgIpc) is 3.01. The Hall–Kier alpha value is -1.92. The van der Waals surface area contributed by atoms with Crippen molar-refractivity contribution in [3.05, 3.63) is 41.3 Å². The molecule has 0 unspecified atom stereocenters. The lowest BCUT2D eigenvalue weighted by Gasteiger charge is -2.42. The van der Waals surface area contributed by atoms with E-state index in [0.717, 1.165) is 50.7 Å². The van der Waals surface area contributed by atoms with Crippen LogP contribution in [0.25, 0.3) is 0 Å². The zero-order chi connectivity index (χ0) is 19.4. The van der Waals surface area contributed by atoms with E-state index in [1.165, 1.54) is 30.5 Å². The molecule has 2 aromatic heterocycles. The van der Waals surface area contributed by atoms with Crippen LogP contribution < -0.4 is 4.74 Å². The summed E-state index contributed by atoms with van der Waals surface area (Å²) in [7, 11) is 2.01. The summed E-state index contributed by atoms with van der Waals surface area (Å²) in [5, 5.41) is 4.39. The van der Waals surface area contributed by atoms with Crippen LogP contribution in [0.2, 0.25) is 0 Å². The summed E-state index contributed by atoms with van der Waals surface area (Å²) in [4.78, 5) is 7.18. The van der Waals surface area contributed by atoms with Crippen molar-refractivity contribution in [3.63, 3.8) is 0 Å². The van der Waals surface area contributed by atoms with Gasteiger partial charge in [0.25, 0.3) is 0 Å². The molecule has 0 aromatic carbocycles. The predicted octanol–water partition coefficient (Wildman–Crippen LogP) is 3.14. The third-order valence-corrected chi connectivity index (χ3v) is 6.45. The molecule has 2 aromatic rings. The molecule has 0 aliphatic carbocycles. The van der Waals surface area contributed by atoms with Gasteiger partial charge >= 0.3 is 0 Å². The Morgan fingerprint density at radius 2 is 2.00 bits per heavy atom. The zero-order valence-electron chi connectivity index (χ0n) is 17.2. The van der Waals surface area contributed by atoms with Crippen molar-refractivity contribution in [2.75, 3.05) is 32.9 Å². The number of aromatic nitrogens is 3. The molecule has 2 bridgehead atoms. The minimum absolute atomic E-state index is 0.289. The number of hydrogen-bond donors (Lipinski definition) is 0. The molecule has 0 N–H and O–H groups in total. The second kappa shape index (κ2) is 8.62. The number of hydrogen-bond acceptors (Lipinski definition) is 5. The largest absolute Gasteiger partial charge is 0.475 e. The van der Waals surface area contributed by atoms with Crippen molar-refractivity contribution in [3.8, 4) is 5.88 Å². The summed E-state index contributed by atoms with van der Waals surface area (Å²) in [6.07, 6.45) is 7.78. The van der Waals surface area contributed by atoms with Gasteiger partial charge in [0.05, 0.1) is 19.4 Å². The van der Waals surface area contributed by atoms with Gasteiger partial charge in [-0.3, -0.25) is 9.58 Å². The van der Waals surface area contributed by atoms with E-state index in [1.807, 2.05) is 30.1 Å². The first-order valence-electron chi connectivity index (χ1n) is 10.5. The number of piperidine rings is 1. The first-order chi connectivity index (χ1) is 13.6.